The number of rotatable bonds is 10. The molecule has 0 saturated heterocycles. The predicted octanol–water partition coefficient (Wildman–Crippen LogP) is 7.61. The van der Waals surface area contributed by atoms with Gasteiger partial charge >= 0.3 is 0 Å². The summed E-state index contributed by atoms with van der Waals surface area (Å²) in [6.07, 6.45) is 16.6. The number of nitrogens with zero attached hydrogens (tertiary/aromatic N) is 1. The lowest BCUT2D eigenvalue weighted by Gasteiger charge is -1.98. The van der Waals surface area contributed by atoms with Crippen molar-refractivity contribution in [2.45, 2.75) is 60.8 Å². The molecule has 0 aromatic carbocycles. The molecule has 0 aliphatic heterocycles. The molecule has 0 rings (SSSR count). The van der Waals surface area contributed by atoms with Gasteiger partial charge in [0.1, 0.15) is 0 Å². The molecule has 0 aliphatic rings. The number of allylic oxidation sites excluding steroid dienone is 9. The van der Waals surface area contributed by atoms with Crippen LogP contribution < -0.4 is 0 Å². The summed E-state index contributed by atoms with van der Waals surface area (Å²) in [5.41, 5.74) is 3.46. The molecule has 0 heterocycles. The van der Waals surface area contributed by atoms with E-state index in [-0.39, 0.29) is 0 Å². The third-order valence-corrected chi connectivity index (χ3v) is 2.77. The Labute approximate surface area is 174 Å². The number of hydrogen-bond acceptors (Lipinski definition) is 3. The fourth-order valence-electron chi connectivity index (χ4n) is 1.42. The summed E-state index contributed by atoms with van der Waals surface area (Å²) in [6.45, 7) is 20.8. The quantitative estimate of drug-likeness (QED) is 0.219. The van der Waals surface area contributed by atoms with Gasteiger partial charge in [0.2, 0.25) is 5.88 Å². The van der Waals surface area contributed by atoms with Crippen LogP contribution in [0.3, 0.4) is 0 Å². The van der Waals surface area contributed by atoms with E-state index < -0.39 is 0 Å². The molecule has 0 radical (unpaired) electrons. The Morgan fingerprint density at radius 2 is 1.57 bits per heavy atom. The monoisotopic (exact) mass is 389 g/mol. The van der Waals surface area contributed by atoms with E-state index in [2.05, 4.69) is 71.0 Å². The maximum Gasteiger partial charge on any atom is 0.212 e. The van der Waals surface area contributed by atoms with Crippen molar-refractivity contribution in [3.05, 3.63) is 72.2 Å². The lowest BCUT2D eigenvalue weighted by Crippen LogP contribution is -1.84. The summed E-state index contributed by atoms with van der Waals surface area (Å²) in [5.74, 6) is 0.559. The normalized spacial score (nSPS) is 12.2. The van der Waals surface area contributed by atoms with Gasteiger partial charge in [-0.1, -0.05) is 87.4 Å². The van der Waals surface area contributed by atoms with Crippen LogP contribution in [0.25, 0.3) is 0 Å². The Morgan fingerprint density at radius 3 is 1.96 bits per heavy atom. The lowest BCUT2D eigenvalue weighted by molar-refractivity contribution is 0.199. The van der Waals surface area contributed by atoms with Crippen molar-refractivity contribution in [3.63, 3.8) is 0 Å². The molecular weight excluding hydrogens is 346 g/mol. The van der Waals surface area contributed by atoms with Gasteiger partial charge in [-0.25, -0.2) is 4.99 Å². The first-order valence-corrected chi connectivity index (χ1v) is 9.88. The van der Waals surface area contributed by atoms with E-state index in [9.17, 15) is 0 Å². The first-order valence-electron chi connectivity index (χ1n) is 9.88. The highest BCUT2D eigenvalue weighted by Crippen LogP contribution is 2.04. The van der Waals surface area contributed by atoms with Crippen LogP contribution in [0.4, 0.5) is 0 Å². The van der Waals surface area contributed by atoms with Crippen molar-refractivity contribution in [1.29, 1.82) is 0 Å². The van der Waals surface area contributed by atoms with Gasteiger partial charge in [-0.3, -0.25) is 0 Å². The summed E-state index contributed by atoms with van der Waals surface area (Å²) in [7, 11) is 3.30. The number of aliphatic imine (C=N–C) groups is 1. The summed E-state index contributed by atoms with van der Waals surface area (Å²) in [4.78, 5) is 4.21. The average Bonchev–Trinajstić information content (AvgIpc) is 2.65. The second kappa shape index (κ2) is 24.9. The highest BCUT2D eigenvalue weighted by atomic mass is 16.5. The summed E-state index contributed by atoms with van der Waals surface area (Å²) < 4.78 is 9.76. The zero-order valence-corrected chi connectivity index (χ0v) is 19.5. The van der Waals surface area contributed by atoms with Crippen molar-refractivity contribution < 1.29 is 9.47 Å². The Kier molecular flexibility index (Phi) is 27.2. The van der Waals surface area contributed by atoms with Crippen LogP contribution in [-0.4, -0.2) is 27.0 Å². The van der Waals surface area contributed by atoms with Crippen molar-refractivity contribution in [3.8, 4) is 0 Å². The Balaban J connectivity index is -0.000000657. The summed E-state index contributed by atoms with van der Waals surface area (Å²) in [5, 5.41) is 0. The van der Waals surface area contributed by atoms with Gasteiger partial charge in [-0.15, -0.1) is 0 Å². The minimum absolute atomic E-state index is 0.559. The first kappa shape index (κ1) is 30.6. The second-order valence-corrected chi connectivity index (χ2v) is 6.26. The van der Waals surface area contributed by atoms with E-state index >= 15 is 0 Å². The molecule has 3 heteroatoms. The van der Waals surface area contributed by atoms with Crippen molar-refractivity contribution >= 4 is 6.21 Å². The fourth-order valence-corrected chi connectivity index (χ4v) is 1.42. The van der Waals surface area contributed by atoms with Crippen LogP contribution in [0.1, 0.15) is 60.8 Å². The third kappa shape index (κ3) is 28.7. The molecular formula is C25H43NO2. The molecule has 0 unspecified atom stereocenters. The van der Waals surface area contributed by atoms with Crippen LogP contribution in [0.15, 0.2) is 77.2 Å². The Bertz CT molecular complexity index is 533. The molecule has 3 nitrogen and oxygen atoms in total. The summed E-state index contributed by atoms with van der Waals surface area (Å²) in [6, 6.07) is 0. The van der Waals surface area contributed by atoms with Gasteiger partial charge in [0.15, 0.2) is 0 Å². The standard InChI is InChI=1S/C18H25NO.C4H10O.C3H8/c1-7-8-18(20-6)19-14-13-17(5)12-11-16(4)10-9-15(2)3;1-3-4-5-2;1-3-2/h7-12,14H,1-2,13H2,3-6H3;3-4H2,1-2H3;3H2,1-2H3/b10-9-,16-11+,17-12+,18-8+,19-14-;;. The summed E-state index contributed by atoms with van der Waals surface area (Å²) >= 11 is 0. The largest absolute Gasteiger partial charge is 0.481 e. The van der Waals surface area contributed by atoms with Crippen LogP contribution in [0.5, 0.6) is 0 Å². The Morgan fingerprint density at radius 1 is 0.964 bits per heavy atom. The minimum Gasteiger partial charge on any atom is -0.481 e. The smallest absolute Gasteiger partial charge is 0.212 e. The van der Waals surface area contributed by atoms with Gasteiger partial charge in [-0.2, -0.15) is 0 Å². The van der Waals surface area contributed by atoms with Gasteiger partial charge in [0, 0.05) is 26.4 Å². The zero-order chi connectivity index (χ0) is 22.2. The molecule has 0 bridgehead atoms. The number of methoxy groups -OCH3 is 2. The van der Waals surface area contributed by atoms with E-state index in [1.807, 2.05) is 19.2 Å². The topological polar surface area (TPSA) is 30.8 Å². The molecule has 0 aromatic heterocycles. The zero-order valence-electron chi connectivity index (χ0n) is 19.5. The van der Waals surface area contributed by atoms with Crippen LogP contribution in [0, 0.1) is 0 Å². The van der Waals surface area contributed by atoms with Crippen molar-refractivity contribution in [2.24, 2.45) is 4.99 Å². The van der Waals surface area contributed by atoms with E-state index in [1.165, 1.54) is 17.6 Å². The van der Waals surface area contributed by atoms with Gasteiger partial charge in [-0.05, 0) is 33.3 Å². The van der Waals surface area contributed by atoms with Crippen LogP contribution >= 0.6 is 0 Å². The third-order valence-electron chi connectivity index (χ3n) is 2.77. The molecule has 0 fully saturated rings. The molecule has 0 saturated carbocycles. The molecule has 0 aliphatic carbocycles. The van der Waals surface area contributed by atoms with Crippen LogP contribution in [-0.2, 0) is 9.47 Å². The molecule has 160 valence electrons. The van der Waals surface area contributed by atoms with Gasteiger partial charge in [0.25, 0.3) is 0 Å². The van der Waals surface area contributed by atoms with Crippen molar-refractivity contribution in [2.75, 3.05) is 20.8 Å². The maximum atomic E-state index is 5.07. The SMILES string of the molecule is C=C/C=C(\N=C/C/C(C)=C/C=C(C)/C=C\C(=C)C)OC.CCC.CCCOC. The second-order valence-electron chi connectivity index (χ2n) is 6.26. The molecule has 28 heavy (non-hydrogen) atoms. The van der Waals surface area contributed by atoms with Crippen molar-refractivity contribution in [1.82, 2.24) is 0 Å². The van der Waals surface area contributed by atoms with E-state index in [1.54, 1.807) is 26.4 Å². The predicted molar refractivity (Wildman–Crippen MR) is 128 cm³/mol. The van der Waals surface area contributed by atoms with Crippen LogP contribution in [0.2, 0.25) is 0 Å². The molecule has 0 N–H and O–H groups in total. The molecule has 0 atom stereocenters. The minimum atomic E-state index is 0.559. The van der Waals surface area contributed by atoms with E-state index in [0.717, 1.165) is 25.0 Å². The molecule has 0 spiro atoms. The first-order chi connectivity index (χ1) is 13.3. The highest BCUT2D eigenvalue weighted by molar-refractivity contribution is 5.62. The van der Waals surface area contributed by atoms with E-state index in [0.29, 0.717) is 5.88 Å². The molecule has 0 amide bonds. The fraction of sp³-hybridized carbons (Fsp3) is 0.480. The van der Waals surface area contributed by atoms with Gasteiger partial charge in [0.05, 0.1) is 7.11 Å². The Hall–Kier alpha value is -2.13. The van der Waals surface area contributed by atoms with Gasteiger partial charge < -0.3 is 9.47 Å². The van der Waals surface area contributed by atoms with E-state index in [4.69, 9.17) is 9.47 Å². The average molecular weight is 390 g/mol. The highest BCUT2D eigenvalue weighted by Gasteiger charge is 1.89. The molecule has 0 aromatic rings. The maximum absolute atomic E-state index is 5.07. The number of ether oxygens (including phenoxy) is 2. The number of hydrogen-bond donors (Lipinski definition) is 0. The lowest BCUT2D eigenvalue weighted by atomic mass is 10.1.